The van der Waals surface area contributed by atoms with E-state index in [1.807, 2.05) is 0 Å². The summed E-state index contributed by atoms with van der Waals surface area (Å²) in [5.41, 5.74) is 0. The summed E-state index contributed by atoms with van der Waals surface area (Å²) in [4.78, 5) is 0. The molecule has 0 saturated carbocycles. The Balaban J connectivity index is 3.83. The van der Waals surface area contributed by atoms with Gasteiger partial charge in [0.1, 0.15) is 0 Å². The van der Waals surface area contributed by atoms with Crippen molar-refractivity contribution in [1.29, 1.82) is 0 Å². The van der Waals surface area contributed by atoms with Gasteiger partial charge in [-0.2, -0.15) is 0 Å². The molecule has 0 fully saturated rings. The molecular formula is C37H79N3O2. The van der Waals surface area contributed by atoms with Crippen molar-refractivity contribution in [3.8, 4) is 0 Å². The molecule has 0 spiro atoms. The first-order valence-corrected chi connectivity index (χ1v) is 19.2. The normalized spacial score (nSPS) is 12.4. The fraction of sp³-hybridized carbons (Fsp3) is 1.00. The molecule has 1 unspecified atom stereocenters. The van der Waals surface area contributed by atoms with E-state index in [0.29, 0.717) is 0 Å². The Labute approximate surface area is 265 Å². The first-order valence-electron chi connectivity index (χ1n) is 19.2. The standard InChI is InChI=1S/C37H79N3O2/c1-4-7-9-11-13-15-17-19-21-23-25-27-33-41-36-37(35-40-32-31-39-30-29-38-6-3)42-34-28-26-24-22-20-18-16-14-12-10-8-5-2/h37-40H,4-36H2,1-3H3. The fourth-order valence-corrected chi connectivity index (χ4v) is 5.54. The van der Waals surface area contributed by atoms with Crippen LogP contribution in [0.4, 0.5) is 0 Å². The third-order valence-electron chi connectivity index (χ3n) is 8.38. The molecule has 0 aliphatic heterocycles. The van der Waals surface area contributed by atoms with E-state index in [4.69, 9.17) is 9.47 Å². The fourth-order valence-electron chi connectivity index (χ4n) is 5.54. The van der Waals surface area contributed by atoms with Crippen molar-refractivity contribution in [3.63, 3.8) is 0 Å². The summed E-state index contributed by atoms with van der Waals surface area (Å²) in [7, 11) is 0. The molecule has 0 bridgehead atoms. The summed E-state index contributed by atoms with van der Waals surface area (Å²) >= 11 is 0. The third kappa shape index (κ3) is 36.0. The van der Waals surface area contributed by atoms with Crippen LogP contribution in [-0.4, -0.2) is 65.2 Å². The van der Waals surface area contributed by atoms with Gasteiger partial charge in [-0.3, -0.25) is 0 Å². The lowest BCUT2D eigenvalue weighted by Gasteiger charge is -2.19. The minimum Gasteiger partial charge on any atom is -0.379 e. The summed E-state index contributed by atoms with van der Waals surface area (Å²) in [6.07, 6.45) is 33.4. The summed E-state index contributed by atoms with van der Waals surface area (Å²) in [5, 5.41) is 10.4. The molecule has 0 rings (SSSR count). The second kappa shape index (κ2) is 38.8. The minimum absolute atomic E-state index is 0.164. The Morgan fingerprint density at radius 2 is 0.786 bits per heavy atom. The molecule has 0 aromatic heterocycles. The Morgan fingerprint density at radius 3 is 1.24 bits per heavy atom. The zero-order valence-electron chi connectivity index (χ0n) is 29.2. The van der Waals surface area contributed by atoms with Gasteiger partial charge in [0.15, 0.2) is 0 Å². The maximum Gasteiger partial charge on any atom is 0.0932 e. The molecule has 1 atom stereocenters. The molecule has 0 radical (unpaired) electrons. The van der Waals surface area contributed by atoms with Gasteiger partial charge < -0.3 is 25.4 Å². The van der Waals surface area contributed by atoms with Gasteiger partial charge in [0.2, 0.25) is 0 Å². The highest BCUT2D eigenvalue weighted by molar-refractivity contribution is 4.63. The zero-order chi connectivity index (χ0) is 30.4. The monoisotopic (exact) mass is 598 g/mol. The molecular weight excluding hydrogens is 518 g/mol. The predicted octanol–water partition coefficient (Wildman–Crippen LogP) is 9.58. The average molecular weight is 598 g/mol. The molecule has 0 aromatic rings. The van der Waals surface area contributed by atoms with E-state index in [2.05, 4.69) is 36.7 Å². The number of unbranched alkanes of at least 4 members (excludes halogenated alkanes) is 22. The molecule has 0 aromatic carbocycles. The predicted molar refractivity (Wildman–Crippen MR) is 187 cm³/mol. The van der Waals surface area contributed by atoms with Crippen molar-refractivity contribution in [3.05, 3.63) is 0 Å². The number of ether oxygens (including phenoxy) is 2. The van der Waals surface area contributed by atoms with Gasteiger partial charge in [0.25, 0.3) is 0 Å². The van der Waals surface area contributed by atoms with Crippen molar-refractivity contribution >= 4 is 0 Å². The van der Waals surface area contributed by atoms with Crippen LogP contribution in [-0.2, 0) is 9.47 Å². The third-order valence-corrected chi connectivity index (χ3v) is 8.38. The SMILES string of the molecule is CCCCCCCCCCCCCCOCC(CNCCNCCNCC)OCCCCCCCCCCCCCC. The number of likely N-dealkylation sites (N-methyl/N-ethyl adjacent to an activating group) is 1. The molecule has 0 aliphatic rings. The van der Waals surface area contributed by atoms with Crippen LogP contribution in [0.15, 0.2) is 0 Å². The van der Waals surface area contributed by atoms with E-state index in [1.165, 1.54) is 154 Å². The summed E-state index contributed by atoms with van der Waals surface area (Å²) in [5.74, 6) is 0. The number of rotatable bonds is 38. The van der Waals surface area contributed by atoms with E-state index in [-0.39, 0.29) is 6.10 Å². The maximum absolute atomic E-state index is 6.29. The Bertz CT molecular complexity index is 466. The molecule has 0 heterocycles. The largest absolute Gasteiger partial charge is 0.379 e. The first-order chi connectivity index (χ1) is 20.8. The Kier molecular flexibility index (Phi) is 38.6. The highest BCUT2D eigenvalue weighted by Gasteiger charge is 2.09. The van der Waals surface area contributed by atoms with Crippen LogP contribution in [0.5, 0.6) is 0 Å². The molecule has 5 nitrogen and oxygen atoms in total. The van der Waals surface area contributed by atoms with E-state index >= 15 is 0 Å². The van der Waals surface area contributed by atoms with Crippen molar-refractivity contribution in [2.45, 2.75) is 181 Å². The summed E-state index contributed by atoms with van der Waals surface area (Å²) < 4.78 is 12.4. The van der Waals surface area contributed by atoms with Crippen LogP contribution < -0.4 is 16.0 Å². The molecule has 3 N–H and O–H groups in total. The van der Waals surface area contributed by atoms with E-state index in [0.717, 1.165) is 59.1 Å². The molecule has 0 saturated heterocycles. The van der Waals surface area contributed by atoms with Gasteiger partial charge in [-0.05, 0) is 19.4 Å². The van der Waals surface area contributed by atoms with E-state index < -0.39 is 0 Å². The summed E-state index contributed by atoms with van der Waals surface area (Å²) in [6, 6.07) is 0. The molecule has 254 valence electrons. The second-order valence-electron chi connectivity index (χ2n) is 12.7. The van der Waals surface area contributed by atoms with Gasteiger partial charge in [-0.25, -0.2) is 0 Å². The lowest BCUT2D eigenvalue weighted by Crippen LogP contribution is -2.38. The zero-order valence-corrected chi connectivity index (χ0v) is 29.2. The molecule has 0 aliphatic carbocycles. The summed E-state index contributed by atoms with van der Waals surface area (Å²) in [6.45, 7) is 15.2. The van der Waals surface area contributed by atoms with Crippen LogP contribution >= 0.6 is 0 Å². The lowest BCUT2D eigenvalue weighted by atomic mass is 10.1. The number of hydrogen-bond donors (Lipinski definition) is 3. The van der Waals surface area contributed by atoms with Crippen LogP contribution in [0.1, 0.15) is 175 Å². The minimum atomic E-state index is 0.164. The highest BCUT2D eigenvalue weighted by Crippen LogP contribution is 2.13. The second-order valence-corrected chi connectivity index (χ2v) is 12.7. The Morgan fingerprint density at radius 1 is 0.405 bits per heavy atom. The van der Waals surface area contributed by atoms with Gasteiger partial charge in [0, 0.05) is 45.9 Å². The van der Waals surface area contributed by atoms with Crippen LogP contribution in [0.25, 0.3) is 0 Å². The van der Waals surface area contributed by atoms with Crippen molar-refractivity contribution < 1.29 is 9.47 Å². The molecule has 5 heteroatoms. The molecule has 42 heavy (non-hydrogen) atoms. The topological polar surface area (TPSA) is 54.5 Å². The lowest BCUT2D eigenvalue weighted by molar-refractivity contribution is -0.0174. The van der Waals surface area contributed by atoms with Crippen molar-refractivity contribution in [2.24, 2.45) is 0 Å². The van der Waals surface area contributed by atoms with Gasteiger partial charge in [-0.1, -0.05) is 162 Å². The van der Waals surface area contributed by atoms with Gasteiger partial charge >= 0.3 is 0 Å². The number of hydrogen-bond acceptors (Lipinski definition) is 5. The Hall–Kier alpha value is -0.200. The number of nitrogens with one attached hydrogen (secondary N) is 3. The van der Waals surface area contributed by atoms with Crippen molar-refractivity contribution in [2.75, 3.05) is 59.1 Å². The van der Waals surface area contributed by atoms with Gasteiger partial charge in [0.05, 0.1) is 12.7 Å². The van der Waals surface area contributed by atoms with Crippen LogP contribution in [0.3, 0.4) is 0 Å². The van der Waals surface area contributed by atoms with Crippen molar-refractivity contribution in [1.82, 2.24) is 16.0 Å². The van der Waals surface area contributed by atoms with E-state index in [1.54, 1.807) is 0 Å². The highest BCUT2D eigenvalue weighted by atomic mass is 16.5. The average Bonchev–Trinajstić information content (AvgIpc) is 3.00. The van der Waals surface area contributed by atoms with Gasteiger partial charge in [-0.15, -0.1) is 0 Å². The maximum atomic E-state index is 6.29. The molecule has 0 amide bonds. The quantitative estimate of drug-likeness (QED) is 0.0619. The smallest absolute Gasteiger partial charge is 0.0932 e. The van der Waals surface area contributed by atoms with Crippen LogP contribution in [0, 0.1) is 0 Å². The van der Waals surface area contributed by atoms with E-state index in [9.17, 15) is 0 Å². The first kappa shape index (κ1) is 41.8. The van der Waals surface area contributed by atoms with Crippen LogP contribution in [0.2, 0.25) is 0 Å².